The van der Waals surface area contributed by atoms with Crippen LogP contribution in [-0.4, -0.2) is 27.0 Å². The lowest BCUT2D eigenvalue weighted by atomic mass is 9.88. The van der Waals surface area contributed by atoms with Crippen LogP contribution >= 0.6 is 12.4 Å². The number of piperidine rings is 1. The van der Waals surface area contributed by atoms with Crippen LogP contribution in [0, 0.1) is 5.82 Å². The molecule has 132 valence electrons. The Labute approximate surface area is 152 Å². The Morgan fingerprint density at radius 2 is 1.76 bits per heavy atom. The van der Waals surface area contributed by atoms with Crippen LogP contribution in [-0.2, 0) is 0 Å². The second-order valence-corrected chi connectivity index (χ2v) is 6.84. The number of halogens is 2. The van der Waals surface area contributed by atoms with Crippen molar-refractivity contribution < 1.29 is 4.39 Å². The number of aromatic amines is 1. The Hall–Kier alpha value is -1.98. The second kappa shape index (κ2) is 7.10. The number of H-pyrrole nitrogens is 1. The zero-order valence-corrected chi connectivity index (χ0v) is 15.1. The second-order valence-electron chi connectivity index (χ2n) is 6.84. The van der Waals surface area contributed by atoms with Crippen LogP contribution in [0.5, 0.6) is 0 Å². The quantitative estimate of drug-likeness (QED) is 0.710. The fraction of sp³-hybridized carbons (Fsp3) is 0.368. The van der Waals surface area contributed by atoms with E-state index in [1.54, 1.807) is 12.1 Å². The smallest absolute Gasteiger partial charge is 0.132 e. The van der Waals surface area contributed by atoms with Gasteiger partial charge in [-0.1, -0.05) is 12.1 Å². The number of hydrogen-bond donors (Lipinski definition) is 2. The lowest BCUT2D eigenvalue weighted by molar-refractivity contribution is 0.310. The van der Waals surface area contributed by atoms with Crippen molar-refractivity contribution >= 4 is 23.4 Å². The first-order chi connectivity index (χ1) is 11.6. The van der Waals surface area contributed by atoms with Gasteiger partial charge in [-0.25, -0.2) is 14.4 Å². The summed E-state index contributed by atoms with van der Waals surface area (Å²) in [7, 11) is 0. The minimum atomic E-state index is -0.230. The lowest BCUT2D eigenvalue weighted by Gasteiger charge is -2.32. The van der Waals surface area contributed by atoms with E-state index >= 15 is 0 Å². The summed E-state index contributed by atoms with van der Waals surface area (Å²) >= 11 is 0. The zero-order chi connectivity index (χ0) is 16.7. The molecule has 0 aliphatic carbocycles. The van der Waals surface area contributed by atoms with Gasteiger partial charge < -0.3 is 10.3 Å². The summed E-state index contributed by atoms with van der Waals surface area (Å²) in [6.07, 6.45) is 5.88. The molecule has 3 heterocycles. The van der Waals surface area contributed by atoms with Crippen molar-refractivity contribution in [2.75, 3.05) is 0 Å². The molecule has 4 rings (SSSR count). The molecule has 0 spiro atoms. The normalized spacial score (nSPS) is 23.4. The summed E-state index contributed by atoms with van der Waals surface area (Å²) in [5.74, 6) is 1.05. The molecule has 0 bridgehead atoms. The van der Waals surface area contributed by atoms with Crippen LogP contribution in [0.4, 0.5) is 4.39 Å². The maximum atomic E-state index is 13.2. The van der Waals surface area contributed by atoms with Crippen LogP contribution in [0.1, 0.15) is 38.4 Å². The van der Waals surface area contributed by atoms with Crippen molar-refractivity contribution in [3.8, 4) is 11.1 Å². The van der Waals surface area contributed by atoms with E-state index in [2.05, 4.69) is 29.1 Å². The fourth-order valence-electron chi connectivity index (χ4n) is 3.75. The van der Waals surface area contributed by atoms with Crippen LogP contribution in [0.2, 0.25) is 0 Å². The van der Waals surface area contributed by atoms with E-state index in [1.165, 1.54) is 12.1 Å². The molecule has 4 nitrogen and oxygen atoms in total. The van der Waals surface area contributed by atoms with Gasteiger partial charge in [-0.3, -0.25) is 0 Å². The summed E-state index contributed by atoms with van der Waals surface area (Å²) in [4.78, 5) is 12.7. The van der Waals surface area contributed by atoms with E-state index in [4.69, 9.17) is 4.98 Å². The van der Waals surface area contributed by atoms with Crippen molar-refractivity contribution in [1.82, 2.24) is 20.3 Å². The molecule has 3 aromatic rings. The molecular formula is C19H22ClFN4. The standard InChI is InChI=1S/C19H21FN4.ClH/c1-11-7-14(8-12(2)23-11)19-22-10-17-18(24-19)16(9-21-17)13-3-5-15(20)6-4-13;/h3-6,9-12,14,21,23H,7-8H2,1-2H3;1H. The van der Waals surface area contributed by atoms with E-state index in [0.29, 0.717) is 18.0 Å². The maximum Gasteiger partial charge on any atom is 0.132 e. The number of fused-ring (bicyclic) bond motifs is 1. The molecule has 1 aliphatic rings. The third kappa shape index (κ3) is 3.53. The molecule has 0 radical (unpaired) electrons. The molecule has 1 fully saturated rings. The minimum absolute atomic E-state index is 0. The number of nitrogens with one attached hydrogen (secondary N) is 2. The van der Waals surface area contributed by atoms with Gasteiger partial charge in [0.15, 0.2) is 0 Å². The Kier molecular flexibility index (Phi) is 5.06. The molecule has 2 unspecified atom stereocenters. The van der Waals surface area contributed by atoms with Gasteiger partial charge in [-0.05, 0) is 44.4 Å². The highest BCUT2D eigenvalue weighted by Gasteiger charge is 2.26. The Morgan fingerprint density at radius 1 is 1.08 bits per heavy atom. The topological polar surface area (TPSA) is 53.6 Å². The van der Waals surface area contributed by atoms with E-state index in [0.717, 1.165) is 40.8 Å². The molecule has 1 aliphatic heterocycles. The van der Waals surface area contributed by atoms with Gasteiger partial charge in [-0.15, -0.1) is 12.4 Å². The van der Waals surface area contributed by atoms with E-state index in [1.807, 2.05) is 12.4 Å². The van der Waals surface area contributed by atoms with Crippen LogP contribution < -0.4 is 5.32 Å². The molecule has 25 heavy (non-hydrogen) atoms. The average Bonchev–Trinajstić information content (AvgIpc) is 2.98. The highest BCUT2D eigenvalue weighted by Crippen LogP contribution is 2.31. The summed E-state index contributed by atoms with van der Waals surface area (Å²) in [6.45, 7) is 4.42. The molecule has 0 amide bonds. The highest BCUT2D eigenvalue weighted by molar-refractivity contribution is 5.91. The third-order valence-electron chi connectivity index (χ3n) is 4.80. The van der Waals surface area contributed by atoms with E-state index in [-0.39, 0.29) is 18.2 Å². The SMILES string of the molecule is CC1CC(c2ncc3[nH]cc(-c4ccc(F)cc4)c3n2)CC(C)N1.Cl. The summed E-state index contributed by atoms with van der Waals surface area (Å²) in [5, 5.41) is 3.56. The van der Waals surface area contributed by atoms with Crippen molar-refractivity contribution in [3.05, 3.63) is 48.3 Å². The summed E-state index contributed by atoms with van der Waals surface area (Å²) < 4.78 is 13.2. The molecule has 6 heteroatoms. The van der Waals surface area contributed by atoms with E-state index in [9.17, 15) is 4.39 Å². The number of nitrogens with zero attached hydrogens (tertiary/aromatic N) is 2. The van der Waals surface area contributed by atoms with Gasteiger partial charge in [0, 0.05) is 29.8 Å². The maximum absolute atomic E-state index is 13.2. The first-order valence-electron chi connectivity index (χ1n) is 8.46. The van der Waals surface area contributed by atoms with Gasteiger partial charge in [0.2, 0.25) is 0 Å². The van der Waals surface area contributed by atoms with E-state index < -0.39 is 0 Å². The monoisotopic (exact) mass is 360 g/mol. The van der Waals surface area contributed by atoms with Crippen molar-refractivity contribution in [2.45, 2.75) is 44.7 Å². The zero-order valence-electron chi connectivity index (χ0n) is 14.3. The number of aromatic nitrogens is 3. The molecular weight excluding hydrogens is 339 g/mol. The van der Waals surface area contributed by atoms with Crippen molar-refractivity contribution in [2.24, 2.45) is 0 Å². The molecule has 2 atom stereocenters. The molecule has 1 saturated heterocycles. The fourth-order valence-corrected chi connectivity index (χ4v) is 3.75. The van der Waals surface area contributed by atoms with Gasteiger partial charge in [0.1, 0.15) is 11.6 Å². The lowest BCUT2D eigenvalue weighted by Crippen LogP contribution is -2.41. The number of benzene rings is 1. The molecule has 1 aromatic carbocycles. The molecule has 2 N–H and O–H groups in total. The third-order valence-corrected chi connectivity index (χ3v) is 4.80. The first-order valence-corrected chi connectivity index (χ1v) is 8.46. The Balaban J connectivity index is 0.00000182. The molecule has 0 saturated carbocycles. The Bertz CT molecular complexity index is 851. The largest absolute Gasteiger partial charge is 0.358 e. The van der Waals surface area contributed by atoms with Gasteiger partial charge in [0.25, 0.3) is 0 Å². The highest BCUT2D eigenvalue weighted by atomic mass is 35.5. The average molecular weight is 361 g/mol. The Morgan fingerprint density at radius 3 is 2.44 bits per heavy atom. The number of hydrogen-bond acceptors (Lipinski definition) is 3. The van der Waals surface area contributed by atoms with Crippen molar-refractivity contribution in [3.63, 3.8) is 0 Å². The predicted octanol–water partition coefficient (Wildman–Crippen LogP) is 4.43. The van der Waals surface area contributed by atoms with Gasteiger partial charge in [-0.2, -0.15) is 0 Å². The summed E-state index contributed by atoms with van der Waals surface area (Å²) in [5.41, 5.74) is 3.77. The predicted molar refractivity (Wildman–Crippen MR) is 101 cm³/mol. The minimum Gasteiger partial charge on any atom is -0.358 e. The first kappa shape index (κ1) is 17.8. The van der Waals surface area contributed by atoms with Gasteiger partial charge in [0.05, 0.1) is 17.2 Å². The van der Waals surface area contributed by atoms with Crippen LogP contribution in [0.3, 0.4) is 0 Å². The molecule has 2 aromatic heterocycles. The number of rotatable bonds is 2. The van der Waals surface area contributed by atoms with Crippen molar-refractivity contribution in [1.29, 1.82) is 0 Å². The van der Waals surface area contributed by atoms with Gasteiger partial charge >= 0.3 is 0 Å². The summed E-state index contributed by atoms with van der Waals surface area (Å²) in [6, 6.07) is 7.48. The van der Waals surface area contributed by atoms with Crippen LogP contribution in [0.15, 0.2) is 36.7 Å². The van der Waals surface area contributed by atoms with Crippen LogP contribution in [0.25, 0.3) is 22.2 Å².